The van der Waals surface area contributed by atoms with Crippen LogP contribution in [-0.4, -0.2) is 80.9 Å². The van der Waals surface area contributed by atoms with Crippen LogP contribution in [0.3, 0.4) is 0 Å². The van der Waals surface area contributed by atoms with Crippen LogP contribution in [0.25, 0.3) is 0 Å². The van der Waals surface area contributed by atoms with Crippen molar-refractivity contribution in [3.63, 3.8) is 0 Å². The lowest BCUT2D eigenvalue weighted by Gasteiger charge is -2.36. The third-order valence-corrected chi connectivity index (χ3v) is 9.37. The number of nitrogens with zero attached hydrogens (tertiary/aromatic N) is 2. The fraction of sp³-hybridized carbons (Fsp3) is 0.929. The Morgan fingerprint density at radius 2 is 1.83 bits per heavy atom. The summed E-state index contributed by atoms with van der Waals surface area (Å²) in [7, 11) is -6.89. The topological polar surface area (TPSA) is 118 Å². The Morgan fingerprint density at radius 1 is 1.25 bits per heavy atom. The molecule has 2 heterocycles. The molecule has 0 saturated carbocycles. The zero-order valence-corrected chi connectivity index (χ0v) is 15.9. The highest BCUT2D eigenvalue weighted by Crippen LogP contribution is 2.23. The molecule has 0 radical (unpaired) electrons. The zero-order valence-electron chi connectivity index (χ0n) is 14.2. The molecule has 8 nitrogen and oxygen atoms in total. The van der Waals surface area contributed by atoms with Gasteiger partial charge in [0, 0.05) is 26.2 Å². The Kier molecular flexibility index (Phi) is 5.94. The van der Waals surface area contributed by atoms with E-state index in [1.165, 1.54) is 4.31 Å². The van der Waals surface area contributed by atoms with E-state index in [1.54, 1.807) is 4.90 Å². The fourth-order valence-corrected chi connectivity index (χ4v) is 7.59. The van der Waals surface area contributed by atoms with Crippen molar-refractivity contribution in [2.24, 2.45) is 11.7 Å². The molecule has 0 aromatic carbocycles. The number of carbonyl (C=O) groups is 1. The van der Waals surface area contributed by atoms with E-state index in [-0.39, 0.29) is 42.8 Å². The van der Waals surface area contributed by atoms with Gasteiger partial charge < -0.3 is 10.6 Å². The Bertz CT molecular complexity index is 669. The first-order valence-electron chi connectivity index (χ1n) is 8.32. The van der Waals surface area contributed by atoms with Crippen molar-refractivity contribution in [1.29, 1.82) is 0 Å². The second-order valence-electron chi connectivity index (χ2n) is 6.71. The minimum absolute atomic E-state index is 0.0703. The van der Waals surface area contributed by atoms with Crippen LogP contribution >= 0.6 is 0 Å². The summed E-state index contributed by atoms with van der Waals surface area (Å²) in [5.74, 6) is -0.445. The second kappa shape index (κ2) is 7.27. The first kappa shape index (κ1) is 19.6. The van der Waals surface area contributed by atoms with Crippen molar-refractivity contribution < 1.29 is 21.6 Å². The molecule has 1 amide bonds. The van der Waals surface area contributed by atoms with Crippen LogP contribution < -0.4 is 5.73 Å². The summed E-state index contributed by atoms with van der Waals surface area (Å²) < 4.78 is 49.5. The molecule has 2 rings (SSSR count). The number of sulfone groups is 1. The van der Waals surface area contributed by atoms with Gasteiger partial charge in [0.15, 0.2) is 9.84 Å². The van der Waals surface area contributed by atoms with E-state index in [2.05, 4.69) is 0 Å². The number of carbonyl (C=O) groups excluding carboxylic acids is 1. The molecule has 0 bridgehead atoms. The molecule has 10 heteroatoms. The van der Waals surface area contributed by atoms with E-state index >= 15 is 0 Å². The van der Waals surface area contributed by atoms with Gasteiger partial charge in [-0.05, 0) is 12.3 Å². The molecule has 3 atom stereocenters. The van der Waals surface area contributed by atoms with Gasteiger partial charge in [-0.1, -0.05) is 20.3 Å². The summed E-state index contributed by atoms with van der Waals surface area (Å²) in [5.41, 5.74) is 5.96. The van der Waals surface area contributed by atoms with E-state index < -0.39 is 31.2 Å². The van der Waals surface area contributed by atoms with Gasteiger partial charge in [0.05, 0.1) is 22.8 Å². The molecule has 2 aliphatic rings. The van der Waals surface area contributed by atoms with Crippen molar-refractivity contribution in [1.82, 2.24) is 9.21 Å². The molecule has 24 heavy (non-hydrogen) atoms. The van der Waals surface area contributed by atoms with E-state index in [9.17, 15) is 21.6 Å². The van der Waals surface area contributed by atoms with Crippen molar-refractivity contribution in [3.8, 4) is 0 Å². The SMILES string of the molecule is CCC(C)C(N)C(=O)N1CCN(S(=O)(=O)C2CCS(=O)(=O)C2)CC1. The monoisotopic (exact) mass is 381 g/mol. The Balaban J connectivity index is 1.96. The molecular formula is C14H27N3O5S2. The highest BCUT2D eigenvalue weighted by molar-refractivity contribution is 7.95. The largest absolute Gasteiger partial charge is 0.339 e. The lowest BCUT2D eigenvalue weighted by molar-refractivity contribution is -0.134. The number of hydrogen-bond donors (Lipinski definition) is 1. The Morgan fingerprint density at radius 3 is 2.29 bits per heavy atom. The van der Waals surface area contributed by atoms with E-state index in [1.807, 2.05) is 13.8 Å². The normalized spacial score (nSPS) is 27.8. The molecular weight excluding hydrogens is 354 g/mol. The summed E-state index contributed by atoms with van der Waals surface area (Å²) in [6.07, 6.45) is 0.958. The average molecular weight is 382 g/mol. The lowest BCUT2D eigenvalue weighted by atomic mass is 9.99. The maximum Gasteiger partial charge on any atom is 0.239 e. The predicted octanol–water partition coefficient (Wildman–Crippen LogP) is -0.979. The van der Waals surface area contributed by atoms with Crippen molar-refractivity contribution >= 4 is 25.8 Å². The van der Waals surface area contributed by atoms with Gasteiger partial charge in [-0.15, -0.1) is 0 Å². The van der Waals surface area contributed by atoms with Crippen molar-refractivity contribution in [2.75, 3.05) is 37.7 Å². The third-order valence-electron chi connectivity index (χ3n) is 5.06. The third kappa shape index (κ3) is 4.09. The number of amides is 1. The summed E-state index contributed by atoms with van der Waals surface area (Å²) in [6.45, 7) is 4.86. The molecule has 140 valence electrons. The summed E-state index contributed by atoms with van der Waals surface area (Å²) in [4.78, 5) is 14.0. The first-order valence-corrected chi connectivity index (χ1v) is 11.6. The van der Waals surface area contributed by atoms with Crippen LogP contribution in [0.5, 0.6) is 0 Å². The van der Waals surface area contributed by atoms with E-state index in [0.717, 1.165) is 6.42 Å². The smallest absolute Gasteiger partial charge is 0.239 e. The molecule has 0 aromatic rings. The van der Waals surface area contributed by atoms with Gasteiger partial charge in [0.25, 0.3) is 0 Å². The van der Waals surface area contributed by atoms with Crippen molar-refractivity contribution in [2.45, 2.75) is 38.0 Å². The summed E-state index contributed by atoms with van der Waals surface area (Å²) >= 11 is 0. The molecule has 0 aromatic heterocycles. The highest BCUT2D eigenvalue weighted by atomic mass is 32.2. The number of hydrogen-bond acceptors (Lipinski definition) is 6. The van der Waals surface area contributed by atoms with Gasteiger partial charge in [-0.3, -0.25) is 4.79 Å². The fourth-order valence-electron chi connectivity index (χ4n) is 3.08. The predicted molar refractivity (Wildman–Crippen MR) is 91.6 cm³/mol. The molecule has 0 aliphatic carbocycles. The van der Waals surface area contributed by atoms with E-state index in [0.29, 0.717) is 13.1 Å². The standard InChI is InChI=1S/C14H27N3O5S2/c1-3-11(2)13(15)14(18)16-5-7-17(8-6-16)24(21,22)12-4-9-23(19,20)10-12/h11-13H,3-10,15H2,1-2H3. The summed E-state index contributed by atoms with van der Waals surface area (Å²) in [6, 6.07) is -0.571. The van der Waals surface area contributed by atoms with Gasteiger partial charge >= 0.3 is 0 Å². The van der Waals surface area contributed by atoms with Gasteiger partial charge in [0.1, 0.15) is 0 Å². The van der Waals surface area contributed by atoms with Crippen LogP contribution in [-0.2, 0) is 24.7 Å². The van der Waals surface area contributed by atoms with Gasteiger partial charge in [-0.25, -0.2) is 16.8 Å². The Labute approximate surface area is 144 Å². The number of nitrogens with two attached hydrogens (primary N) is 1. The van der Waals surface area contributed by atoms with Crippen LogP contribution in [0.1, 0.15) is 26.7 Å². The second-order valence-corrected chi connectivity index (χ2v) is 11.1. The molecule has 2 N–H and O–H groups in total. The number of rotatable bonds is 5. The molecule has 3 unspecified atom stereocenters. The molecule has 2 saturated heterocycles. The van der Waals surface area contributed by atoms with Gasteiger partial charge in [-0.2, -0.15) is 4.31 Å². The molecule has 2 fully saturated rings. The van der Waals surface area contributed by atoms with Gasteiger partial charge in [0.2, 0.25) is 15.9 Å². The van der Waals surface area contributed by atoms with Crippen LogP contribution in [0.15, 0.2) is 0 Å². The number of piperazine rings is 1. The quantitative estimate of drug-likeness (QED) is 0.654. The lowest BCUT2D eigenvalue weighted by Crippen LogP contribution is -2.56. The maximum atomic E-state index is 12.6. The van der Waals surface area contributed by atoms with Crippen LogP contribution in [0, 0.1) is 5.92 Å². The van der Waals surface area contributed by atoms with Crippen molar-refractivity contribution in [3.05, 3.63) is 0 Å². The van der Waals surface area contributed by atoms with E-state index in [4.69, 9.17) is 5.73 Å². The Hall–Kier alpha value is -0.710. The zero-order chi connectivity index (χ0) is 18.1. The first-order chi connectivity index (χ1) is 11.1. The average Bonchev–Trinajstić information content (AvgIpc) is 2.93. The van der Waals surface area contributed by atoms with Crippen LogP contribution in [0.2, 0.25) is 0 Å². The minimum atomic E-state index is -3.64. The molecule has 0 spiro atoms. The molecule has 2 aliphatic heterocycles. The number of sulfonamides is 1. The highest BCUT2D eigenvalue weighted by Gasteiger charge is 2.41. The maximum absolute atomic E-state index is 12.6. The minimum Gasteiger partial charge on any atom is -0.339 e. The summed E-state index contributed by atoms with van der Waals surface area (Å²) in [5, 5.41) is -0.855. The van der Waals surface area contributed by atoms with Crippen LogP contribution in [0.4, 0.5) is 0 Å².